The lowest BCUT2D eigenvalue weighted by Gasteiger charge is -2.31. The first-order valence-electron chi connectivity index (χ1n) is 12.0. The van der Waals surface area contributed by atoms with Gasteiger partial charge in [-0.25, -0.2) is 10.9 Å². The van der Waals surface area contributed by atoms with Crippen molar-refractivity contribution in [2.24, 2.45) is 5.92 Å². The largest absolute Gasteiger partial charge is 0.508 e. The van der Waals surface area contributed by atoms with Gasteiger partial charge in [-0.05, 0) is 42.3 Å². The number of nitrogens with zero attached hydrogens (tertiary/aromatic N) is 1. The molecule has 1 amide bonds. The number of phenols is 1. The van der Waals surface area contributed by atoms with Crippen LogP contribution in [0.1, 0.15) is 55.2 Å². The molecule has 2 saturated heterocycles. The van der Waals surface area contributed by atoms with E-state index in [1.54, 1.807) is 18.4 Å². The third kappa shape index (κ3) is 4.29. The summed E-state index contributed by atoms with van der Waals surface area (Å²) in [6, 6.07) is 18.2. The Balaban J connectivity index is 1.46. The Labute approximate surface area is 199 Å². The Hall–Kier alpha value is -3.29. The van der Waals surface area contributed by atoms with Gasteiger partial charge in [0.25, 0.3) is 0 Å². The molecule has 0 saturated carbocycles. The predicted octanol–water partition coefficient (Wildman–Crippen LogP) is 4.47. The van der Waals surface area contributed by atoms with Crippen LogP contribution in [0.5, 0.6) is 11.5 Å². The fraction of sp³-hybridized carbons (Fsp3) is 0.370. The van der Waals surface area contributed by atoms with Gasteiger partial charge in [-0.15, -0.1) is 0 Å². The lowest BCUT2D eigenvalue weighted by molar-refractivity contribution is -0.131. The number of benzene rings is 2. The zero-order chi connectivity index (χ0) is 23.5. The molecule has 2 aromatic carbocycles. The summed E-state index contributed by atoms with van der Waals surface area (Å²) in [5.41, 5.74) is 8.27. The molecule has 178 valence electrons. The van der Waals surface area contributed by atoms with Crippen LogP contribution < -0.4 is 15.6 Å². The zero-order valence-corrected chi connectivity index (χ0v) is 19.3. The number of hydrogen-bond donors (Lipinski definition) is 3. The van der Waals surface area contributed by atoms with E-state index in [2.05, 4.69) is 17.8 Å². The molecule has 2 aliphatic heterocycles. The Morgan fingerprint density at radius 2 is 1.79 bits per heavy atom. The molecule has 5 rings (SSSR count). The smallest absolute Gasteiger partial charge is 0.242 e. The molecule has 0 radical (unpaired) electrons. The number of ether oxygens (including phenoxy) is 1. The highest BCUT2D eigenvalue weighted by Crippen LogP contribution is 2.49. The molecular weight excluding hydrogens is 430 g/mol. The topological polar surface area (TPSA) is 87.0 Å². The van der Waals surface area contributed by atoms with Crippen LogP contribution in [0.15, 0.2) is 71.3 Å². The van der Waals surface area contributed by atoms with E-state index in [1.165, 1.54) is 0 Å². The summed E-state index contributed by atoms with van der Waals surface area (Å²) in [6.07, 6.45) is 4.98. The maximum Gasteiger partial charge on any atom is 0.242 e. The van der Waals surface area contributed by atoms with Crippen molar-refractivity contribution >= 4 is 5.91 Å². The first kappa shape index (κ1) is 22.5. The number of likely N-dealkylation sites (tertiary alicyclic amines) is 1. The van der Waals surface area contributed by atoms with E-state index in [1.807, 2.05) is 53.4 Å². The van der Waals surface area contributed by atoms with Crippen molar-refractivity contribution in [1.29, 1.82) is 0 Å². The number of carbonyl (C=O) groups excluding carboxylic acids is 1. The number of amides is 1. The molecule has 0 bridgehead atoms. The average Bonchev–Trinajstić information content (AvgIpc) is 3.58. The highest BCUT2D eigenvalue weighted by atomic mass is 16.5. The monoisotopic (exact) mass is 461 g/mol. The number of hydrazine groups is 1. The molecule has 0 aliphatic carbocycles. The Morgan fingerprint density at radius 1 is 1.00 bits per heavy atom. The molecule has 34 heavy (non-hydrogen) atoms. The van der Waals surface area contributed by atoms with Crippen LogP contribution in [0.3, 0.4) is 0 Å². The van der Waals surface area contributed by atoms with E-state index in [0.29, 0.717) is 13.2 Å². The fourth-order valence-corrected chi connectivity index (χ4v) is 5.17. The van der Waals surface area contributed by atoms with Gasteiger partial charge < -0.3 is 19.2 Å². The van der Waals surface area contributed by atoms with Crippen molar-refractivity contribution in [3.8, 4) is 11.5 Å². The van der Waals surface area contributed by atoms with Gasteiger partial charge in [-0.1, -0.05) is 50.1 Å². The number of unbranched alkanes of at least 4 members (excludes halogenated alkanes) is 2. The number of hydrogen-bond acceptors (Lipinski definition) is 6. The molecular formula is C27H31N3O4. The van der Waals surface area contributed by atoms with Crippen molar-refractivity contribution in [2.45, 2.75) is 50.9 Å². The highest BCUT2D eigenvalue weighted by molar-refractivity contribution is 5.86. The van der Waals surface area contributed by atoms with Crippen molar-refractivity contribution in [3.05, 3.63) is 83.8 Å². The van der Waals surface area contributed by atoms with Gasteiger partial charge in [0.2, 0.25) is 5.91 Å². The number of para-hydroxylation sites is 1. The SMILES string of the molecule is CCCCCOc1ccc(C2C3C(NNC3c3ccccc3O)C(=O)N2Cc2ccco2)cc1. The van der Waals surface area contributed by atoms with E-state index < -0.39 is 6.04 Å². The minimum Gasteiger partial charge on any atom is -0.508 e. The minimum atomic E-state index is -0.408. The highest BCUT2D eigenvalue weighted by Gasteiger charge is 2.55. The molecule has 2 aliphatic rings. The van der Waals surface area contributed by atoms with E-state index in [0.717, 1.165) is 41.9 Å². The number of fused-ring (bicyclic) bond motifs is 1. The van der Waals surface area contributed by atoms with Gasteiger partial charge in [0.1, 0.15) is 23.3 Å². The fourth-order valence-electron chi connectivity index (χ4n) is 5.17. The van der Waals surface area contributed by atoms with Crippen LogP contribution in [-0.2, 0) is 11.3 Å². The standard InChI is InChI=1S/C27H31N3O4/c1-2-3-6-15-33-19-13-11-18(12-14-19)26-23-24(21-9-4-5-10-22(21)31)28-29-25(23)27(32)30(26)17-20-8-7-16-34-20/h4-5,7-14,16,23-26,28-29,31H,2-3,6,15,17H2,1H3. The number of furan rings is 1. The quantitative estimate of drug-likeness (QED) is 0.408. The number of rotatable bonds is 9. The van der Waals surface area contributed by atoms with E-state index in [-0.39, 0.29) is 29.7 Å². The lowest BCUT2D eigenvalue weighted by Crippen LogP contribution is -2.41. The maximum absolute atomic E-state index is 13.5. The summed E-state index contributed by atoms with van der Waals surface area (Å²) in [7, 11) is 0. The van der Waals surface area contributed by atoms with E-state index >= 15 is 0 Å². The summed E-state index contributed by atoms with van der Waals surface area (Å²) in [5, 5.41) is 10.5. The minimum absolute atomic E-state index is 0.0108. The first-order chi connectivity index (χ1) is 16.7. The molecule has 7 heteroatoms. The van der Waals surface area contributed by atoms with Crippen molar-refractivity contribution in [3.63, 3.8) is 0 Å². The number of nitrogens with one attached hydrogen (secondary N) is 2. The zero-order valence-electron chi connectivity index (χ0n) is 19.3. The molecule has 1 aromatic heterocycles. The third-order valence-corrected chi connectivity index (χ3v) is 6.83. The second-order valence-electron chi connectivity index (χ2n) is 9.00. The predicted molar refractivity (Wildman–Crippen MR) is 128 cm³/mol. The van der Waals surface area contributed by atoms with Crippen LogP contribution in [0.4, 0.5) is 0 Å². The van der Waals surface area contributed by atoms with Gasteiger partial charge in [-0.2, -0.15) is 0 Å². The Bertz CT molecular complexity index is 1100. The summed E-state index contributed by atoms with van der Waals surface area (Å²) in [4.78, 5) is 15.4. The number of aromatic hydroxyl groups is 1. The molecule has 2 fully saturated rings. The van der Waals surface area contributed by atoms with Crippen LogP contribution in [0, 0.1) is 5.92 Å². The van der Waals surface area contributed by atoms with Gasteiger partial charge in [0.05, 0.1) is 31.5 Å². The molecule has 4 atom stereocenters. The Morgan fingerprint density at radius 3 is 2.53 bits per heavy atom. The van der Waals surface area contributed by atoms with E-state index in [4.69, 9.17) is 9.15 Å². The molecule has 0 spiro atoms. The average molecular weight is 462 g/mol. The van der Waals surface area contributed by atoms with Crippen molar-refractivity contribution in [2.75, 3.05) is 6.61 Å². The third-order valence-electron chi connectivity index (χ3n) is 6.83. The number of phenolic OH excluding ortho intramolecular Hbond substituents is 1. The molecule has 3 aromatic rings. The molecule has 3 N–H and O–H groups in total. The summed E-state index contributed by atoms with van der Waals surface area (Å²) >= 11 is 0. The summed E-state index contributed by atoms with van der Waals surface area (Å²) in [6.45, 7) is 3.26. The summed E-state index contributed by atoms with van der Waals surface area (Å²) in [5.74, 6) is 1.68. The van der Waals surface area contributed by atoms with Gasteiger partial charge >= 0.3 is 0 Å². The Kier molecular flexibility index (Phi) is 6.56. The number of carbonyl (C=O) groups is 1. The first-order valence-corrected chi connectivity index (χ1v) is 12.0. The van der Waals surface area contributed by atoms with Gasteiger partial charge in [-0.3, -0.25) is 4.79 Å². The van der Waals surface area contributed by atoms with Crippen LogP contribution in [0.2, 0.25) is 0 Å². The van der Waals surface area contributed by atoms with Crippen molar-refractivity contribution < 1.29 is 19.1 Å². The van der Waals surface area contributed by atoms with Crippen molar-refractivity contribution in [1.82, 2.24) is 15.8 Å². The van der Waals surface area contributed by atoms with Crippen LogP contribution in [0.25, 0.3) is 0 Å². The second kappa shape index (κ2) is 9.91. The summed E-state index contributed by atoms with van der Waals surface area (Å²) < 4.78 is 11.5. The van der Waals surface area contributed by atoms with Gasteiger partial charge in [0, 0.05) is 11.5 Å². The van der Waals surface area contributed by atoms with E-state index in [9.17, 15) is 9.90 Å². The van der Waals surface area contributed by atoms with Gasteiger partial charge in [0.15, 0.2) is 0 Å². The van der Waals surface area contributed by atoms with Crippen LogP contribution in [-0.4, -0.2) is 28.6 Å². The lowest BCUT2D eigenvalue weighted by atomic mass is 9.83. The molecule has 4 unspecified atom stereocenters. The van der Waals surface area contributed by atoms with Crippen LogP contribution >= 0.6 is 0 Å². The second-order valence-corrected chi connectivity index (χ2v) is 9.00. The maximum atomic E-state index is 13.5. The molecule has 7 nitrogen and oxygen atoms in total. The normalized spacial score (nSPS) is 23.9. The molecule has 3 heterocycles.